The second-order valence-electron chi connectivity index (χ2n) is 3.86. The molecular weight excluding hydrogens is 196 g/mol. The Kier molecular flexibility index (Phi) is 2.88. The molecule has 2 rings (SSSR count). The van der Waals surface area contributed by atoms with E-state index in [4.69, 9.17) is 15.3 Å². The van der Waals surface area contributed by atoms with Crippen molar-refractivity contribution in [2.45, 2.75) is 31.8 Å². The highest BCUT2D eigenvalue weighted by molar-refractivity contribution is 5.29. The van der Waals surface area contributed by atoms with E-state index < -0.39 is 0 Å². The average Bonchev–Trinajstić information content (AvgIpc) is 2.91. The van der Waals surface area contributed by atoms with Crippen LogP contribution in [0.5, 0.6) is 0 Å². The number of anilines is 1. The van der Waals surface area contributed by atoms with E-state index in [1.54, 1.807) is 6.92 Å². The average molecular weight is 212 g/mol. The van der Waals surface area contributed by atoms with Crippen LogP contribution in [0.15, 0.2) is 4.42 Å². The van der Waals surface area contributed by atoms with Crippen LogP contribution in [0.3, 0.4) is 0 Å². The fourth-order valence-electron chi connectivity index (χ4n) is 1.45. The topological polar surface area (TPSA) is 88.4 Å². The van der Waals surface area contributed by atoms with Gasteiger partial charge in [-0.3, -0.25) is 0 Å². The van der Waals surface area contributed by atoms with Gasteiger partial charge in [0.2, 0.25) is 5.89 Å². The number of nitrogens with two attached hydrogens (primary N) is 1. The molecule has 0 amide bonds. The Balaban J connectivity index is 2.10. The fourth-order valence-corrected chi connectivity index (χ4v) is 1.45. The maximum absolute atomic E-state index is 8.93. The quantitative estimate of drug-likeness (QED) is 0.717. The minimum atomic E-state index is -0.249. The summed E-state index contributed by atoms with van der Waals surface area (Å²) >= 11 is 0. The zero-order valence-corrected chi connectivity index (χ0v) is 8.76. The molecule has 1 aromatic heterocycles. The summed E-state index contributed by atoms with van der Waals surface area (Å²) in [7, 11) is 0. The number of rotatable bonds is 5. The van der Waals surface area contributed by atoms with Gasteiger partial charge in [0, 0.05) is 12.6 Å². The van der Waals surface area contributed by atoms with Gasteiger partial charge in [-0.2, -0.15) is 0 Å². The van der Waals surface area contributed by atoms with Crippen molar-refractivity contribution in [1.82, 2.24) is 10.2 Å². The van der Waals surface area contributed by atoms with Crippen molar-refractivity contribution in [1.29, 1.82) is 0 Å². The summed E-state index contributed by atoms with van der Waals surface area (Å²) in [5.74, 6) is 0.439. The standard InChI is InChI=1S/C9H16N4O2/c1-6(10)8-11-12-9(15-8)13(4-5-14)7-2-3-7/h6-7,14H,2-5,10H2,1H3. The highest BCUT2D eigenvalue weighted by Crippen LogP contribution is 2.30. The number of aliphatic hydroxyl groups is 1. The molecule has 1 aromatic rings. The van der Waals surface area contributed by atoms with Crippen LogP contribution >= 0.6 is 0 Å². The van der Waals surface area contributed by atoms with Crippen LogP contribution in [0.2, 0.25) is 0 Å². The van der Waals surface area contributed by atoms with Gasteiger partial charge in [0.1, 0.15) is 0 Å². The van der Waals surface area contributed by atoms with Crippen molar-refractivity contribution in [2.24, 2.45) is 5.73 Å². The lowest BCUT2D eigenvalue weighted by atomic mass is 10.4. The van der Waals surface area contributed by atoms with Crippen LogP contribution in [0.1, 0.15) is 31.7 Å². The van der Waals surface area contributed by atoms with Crippen LogP contribution in [0, 0.1) is 0 Å². The number of nitrogens with zero attached hydrogens (tertiary/aromatic N) is 3. The molecule has 0 saturated heterocycles. The molecule has 0 spiro atoms. The molecule has 1 heterocycles. The fraction of sp³-hybridized carbons (Fsp3) is 0.778. The number of hydrogen-bond acceptors (Lipinski definition) is 6. The minimum Gasteiger partial charge on any atom is -0.406 e. The van der Waals surface area contributed by atoms with Crippen molar-refractivity contribution in [2.75, 3.05) is 18.1 Å². The lowest BCUT2D eigenvalue weighted by Crippen LogP contribution is -2.29. The van der Waals surface area contributed by atoms with Gasteiger partial charge in [-0.15, -0.1) is 5.10 Å². The molecule has 1 aliphatic rings. The van der Waals surface area contributed by atoms with Crippen LogP contribution in [0.4, 0.5) is 6.01 Å². The Hall–Kier alpha value is -1.14. The number of aromatic nitrogens is 2. The Morgan fingerprint density at radius 2 is 2.33 bits per heavy atom. The van der Waals surface area contributed by atoms with Gasteiger partial charge < -0.3 is 20.2 Å². The van der Waals surface area contributed by atoms with Crippen LogP contribution in [-0.2, 0) is 0 Å². The van der Waals surface area contributed by atoms with Gasteiger partial charge in [0.05, 0.1) is 12.6 Å². The molecule has 1 atom stereocenters. The molecule has 0 aromatic carbocycles. The van der Waals surface area contributed by atoms with Crippen molar-refractivity contribution in [3.05, 3.63) is 5.89 Å². The predicted octanol–water partition coefficient (Wildman–Crippen LogP) is 0.0504. The highest BCUT2D eigenvalue weighted by atomic mass is 16.4. The largest absolute Gasteiger partial charge is 0.406 e. The van der Waals surface area contributed by atoms with E-state index in [1.807, 2.05) is 4.90 Å². The second-order valence-corrected chi connectivity index (χ2v) is 3.86. The molecule has 84 valence electrons. The third kappa shape index (κ3) is 2.27. The lowest BCUT2D eigenvalue weighted by Gasteiger charge is -2.17. The first-order chi connectivity index (χ1) is 7.22. The molecule has 1 fully saturated rings. The Labute approximate surface area is 88.1 Å². The predicted molar refractivity (Wildman–Crippen MR) is 54.4 cm³/mol. The van der Waals surface area contributed by atoms with Crippen molar-refractivity contribution in [3.8, 4) is 0 Å². The molecular formula is C9H16N4O2. The second kappa shape index (κ2) is 4.16. The van der Waals surface area contributed by atoms with E-state index >= 15 is 0 Å². The normalized spacial score (nSPS) is 17.8. The summed E-state index contributed by atoms with van der Waals surface area (Å²) in [6.07, 6.45) is 2.24. The minimum absolute atomic E-state index is 0.0897. The third-order valence-corrected chi connectivity index (χ3v) is 2.39. The van der Waals surface area contributed by atoms with Gasteiger partial charge in [0.15, 0.2) is 0 Å². The van der Waals surface area contributed by atoms with Crippen molar-refractivity contribution < 1.29 is 9.52 Å². The maximum atomic E-state index is 8.93. The Morgan fingerprint density at radius 1 is 1.60 bits per heavy atom. The van der Waals surface area contributed by atoms with Crippen LogP contribution < -0.4 is 10.6 Å². The van der Waals surface area contributed by atoms with Crippen LogP contribution in [0.25, 0.3) is 0 Å². The van der Waals surface area contributed by atoms with Crippen LogP contribution in [-0.4, -0.2) is 34.5 Å². The summed E-state index contributed by atoms with van der Waals surface area (Å²) in [4.78, 5) is 1.94. The molecule has 15 heavy (non-hydrogen) atoms. The van der Waals surface area contributed by atoms with E-state index in [0.717, 1.165) is 12.8 Å². The number of hydrogen-bond donors (Lipinski definition) is 2. The molecule has 1 saturated carbocycles. The van der Waals surface area contributed by atoms with Gasteiger partial charge in [0.25, 0.3) is 0 Å². The SMILES string of the molecule is CC(N)c1nnc(N(CCO)C2CC2)o1. The highest BCUT2D eigenvalue weighted by Gasteiger charge is 2.32. The van der Waals surface area contributed by atoms with Crippen molar-refractivity contribution >= 4 is 6.01 Å². The van der Waals surface area contributed by atoms with Gasteiger partial charge in [-0.25, -0.2) is 0 Å². The molecule has 0 radical (unpaired) electrons. The smallest absolute Gasteiger partial charge is 0.318 e. The van der Waals surface area contributed by atoms with Gasteiger partial charge in [-0.1, -0.05) is 5.10 Å². The van der Waals surface area contributed by atoms with Gasteiger partial charge in [-0.05, 0) is 19.8 Å². The first kappa shape index (κ1) is 10.4. The zero-order chi connectivity index (χ0) is 10.8. The first-order valence-corrected chi connectivity index (χ1v) is 5.19. The summed E-state index contributed by atoms with van der Waals surface area (Å²) < 4.78 is 5.43. The maximum Gasteiger partial charge on any atom is 0.318 e. The molecule has 6 nitrogen and oxygen atoms in total. The third-order valence-electron chi connectivity index (χ3n) is 2.39. The molecule has 3 N–H and O–H groups in total. The molecule has 6 heteroatoms. The Morgan fingerprint density at radius 3 is 2.80 bits per heavy atom. The molecule has 0 aliphatic heterocycles. The molecule has 1 aliphatic carbocycles. The summed E-state index contributed by atoms with van der Waals surface area (Å²) in [6.45, 7) is 2.42. The summed E-state index contributed by atoms with van der Waals surface area (Å²) in [5.41, 5.74) is 5.63. The lowest BCUT2D eigenvalue weighted by molar-refractivity contribution is 0.297. The number of aliphatic hydroxyl groups excluding tert-OH is 1. The monoisotopic (exact) mass is 212 g/mol. The first-order valence-electron chi connectivity index (χ1n) is 5.19. The van der Waals surface area contributed by atoms with E-state index in [0.29, 0.717) is 24.5 Å². The summed E-state index contributed by atoms with van der Waals surface area (Å²) in [6, 6.07) is 0.666. The van der Waals surface area contributed by atoms with E-state index in [-0.39, 0.29) is 12.6 Å². The van der Waals surface area contributed by atoms with Crippen molar-refractivity contribution in [3.63, 3.8) is 0 Å². The molecule has 0 bridgehead atoms. The summed E-state index contributed by atoms with van der Waals surface area (Å²) in [5, 5.41) is 16.7. The Bertz CT molecular complexity index is 322. The van der Waals surface area contributed by atoms with E-state index in [2.05, 4.69) is 10.2 Å². The molecule has 1 unspecified atom stereocenters. The van der Waals surface area contributed by atoms with E-state index in [1.165, 1.54) is 0 Å². The van der Waals surface area contributed by atoms with Gasteiger partial charge >= 0.3 is 6.01 Å². The zero-order valence-electron chi connectivity index (χ0n) is 8.76. The van der Waals surface area contributed by atoms with E-state index in [9.17, 15) is 0 Å².